The minimum atomic E-state index is -0.236. The van der Waals surface area contributed by atoms with Crippen LogP contribution in [0.5, 0.6) is 0 Å². The lowest BCUT2D eigenvalue weighted by Crippen LogP contribution is -2.40. The smallest absolute Gasteiger partial charge is 0.315 e. The number of aromatic amines is 1. The van der Waals surface area contributed by atoms with Crippen LogP contribution in [0.4, 0.5) is 4.79 Å². The number of urea groups is 1. The van der Waals surface area contributed by atoms with Crippen LogP contribution >= 0.6 is 0 Å². The lowest BCUT2D eigenvalue weighted by Gasteiger charge is -2.19. The molecule has 0 saturated heterocycles. The minimum Gasteiger partial charge on any atom is -0.396 e. The quantitative estimate of drug-likeness (QED) is 0.575. The number of rotatable bonds is 8. The SMILES string of the molecule is CC(C)CC(CCO)CNC(=O)NC(C)c1ncn[nH]1. The highest BCUT2D eigenvalue weighted by molar-refractivity contribution is 5.74. The summed E-state index contributed by atoms with van der Waals surface area (Å²) in [6, 6.07) is -0.459. The molecule has 0 radical (unpaired) electrons. The molecule has 2 unspecified atom stereocenters. The number of amides is 2. The van der Waals surface area contributed by atoms with Gasteiger partial charge in [-0.15, -0.1) is 0 Å². The standard InChI is InChI=1S/C13H25N5O2/c1-9(2)6-11(4-5-19)7-14-13(20)17-10(3)12-15-8-16-18-12/h8-11,19H,4-7H2,1-3H3,(H2,14,17,20)(H,15,16,18). The molecule has 0 fully saturated rings. The van der Waals surface area contributed by atoms with Gasteiger partial charge in [0.05, 0.1) is 6.04 Å². The monoisotopic (exact) mass is 283 g/mol. The third-order valence-electron chi connectivity index (χ3n) is 3.08. The van der Waals surface area contributed by atoms with Crippen LogP contribution in [0.3, 0.4) is 0 Å². The molecular weight excluding hydrogens is 258 g/mol. The van der Waals surface area contributed by atoms with E-state index in [-0.39, 0.29) is 18.7 Å². The molecule has 2 amide bonds. The molecule has 0 aliphatic heterocycles. The summed E-state index contributed by atoms with van der Waals surface area (Å²) in [6.45, 7) is 6.81. The number of aliphatic hydroxyl groups excluding tert-OH is 1. The Kier molecular flexibility index (Phi) is 7.00. The first-order valence-corrected chi connectivity index (χ1v) is 7.03. The van der Waals surface area contributed by atoms with E-state index in [1.165, 1.54) is 6.33 Å². The number of hydrogen-bond donors (Lipinski definition) is 4. The molecule has 20 heavy (non-hydrogen) atoms. The van der Waals surface area contributed by atoms with Crippen molar-refractivity contribution in [3.8, 4) is 0 Å². The zero-order valence-electron chi connectivity index (χ0n) is 12.4. The predicted octanol–water partition coefficient (Wildman–Crippen LogP) is 1.21. The molecule has 0 saturated carbocycles. The van der Waals surface area contributed by atoms with Crippen molar-refractivity contribution in [1.82, 2.24) is 25.8 Å². The average molecular weight is 283 g/mol. The summed E-state index contributed by atoms with van der Waals surface area (Å²) in [5.41, 5.74) is 0. The minimum absolute atomic E-state index is 0.148. The van der Waals surface area contributed by atoms with E-state index in [0.29, 0.717) is 30.6 Å². The molecule has 0 aliphatic carbocycles. The molecule has 2 atom stereocenters. The normalized spacial score (nSPS) is 14.1. The highest BCUT2D eigenvalue weighted by Gasteiger charge is 2.14. The number of aliphatic hydroxyl groups is 1. The topological polar surface area (TPSA) is 103 Å². The van der Waals surface area contributed by atoms with Crippen molar-refractivity contribution in [3.05, 3.63) is 12.2 Å². The molecule has 1 aromatic rings. The van der Waals surface area contributed by atoms with E-state index in [9.17, 15) is 4.79 Å². The van der Waals surface area contributed by atoms with Gasteiger partial charge in [0.2, 0.25) is 0 Å². The van der Waals surface area contributed by atoms with Crippen molar-refractivity contribution in [2.24, 2.45) is 11.8 Å². The van der Waals surface area contributed by atoms with Crippen molar-refractivity contribution in [2.75, 3.05) is 13.2 Å². The average Bonchev–Trinajstić information content (AvgIpc) is 2.89. The summed E-state index contributed by atoms with van der Waals surface area (Å²) in [7, 11) is 0. The van der Waals surface area contributed by atoms with Crippen molar-refractivity contribution in [1.29, 1.82) is 0 Å². The Bertz CT molecular complexity index is 380. The van der Waals surface area contributed by atoms with Crippen LogP contribution in [-0.4, -0.2) is 39.5 Å². The van der Waals surface area contributed by atoms with Gasteiger partial charge in [-0.3, -0.25) is 5.10 Å². The summed E-state index contributed by atoms with van der Waals surface area (Å²) in [5, 5.41) is 21.1. The van der Waals surface area contributed by atoms with Gasteiger partial charge in [0.15, 0.2) is 0 Å². The van der Waals surface area contributed by atoms with Gasteiger partial charge in [0, 0.05) is 13.2 Å². The lowest BCUT2D eigenvalue weighted by molar-refractivity contribution is 0.223. The number of carbonyl (C=O) groups excluding carboxylic acids is 1. The van der Waals surface area contributed by atoms with Gasteiger partial charge in [-0.1, -0.05) is 13.8 Å². The molecule has 114 valence electrons. The fourth-order valence-corrected chi connectivity index (χ4v) is 2.13. The van der Waals surface area contributed by atoms with Crippen LogP contribution in [0.1, 0.15) is 45.5 Å². The predicted molar refractivity (Wildman–Crippen MR) is 76.0 cm³/mol. The number of carbonyl (C=O) groups is 1. The summed E-state index contributed by atoms with van der Waals surface area (Å²) in [6.07, 6.45) is 3.10. The molecule has 7 nitrogen and oxygen atoms in total. The Hall–Kier alpha value is -1.63. The summed E-state index contributed by atoms with van der Waals surface area (Å²) in [4.78, 5) is 15.8. The van der Waals surface area contributed by atoms with Crippen LogP contribution in [0.2, 0.25) is 0 Å². The first kappa shape index (κ1) is 16.4. The largest absolute Gasteiger partial charge is 0.396 e. The van der Waals surface area contributed by atoms with Crippen molar-refractivity contribution >= 4 is 6.03 Å². The summed E-state index contributed by atoms with van der Waals surface area (Å²) in [5.74, 6) is 1.46. The van der Waals surface area contributed by atoms with Gasteiger partial charge in [0.1, 0.15) is 12.2 Å². The fraction of sp³-hybridized carbons (Fsp3) is 0.769. The van der Waals surface area contributed by atoms with Gasteiger partial charge < -0.3 is 15.7 Å². The third kappa shape index (κ3) is 6.01. The molecule has 1 heterocycles. The zero-order valence-corrected chi connectivity index (χ0v) is 12.4. The van der Waals surface area contributed by atoms with Crippen LogP contribution in [0.15, 0.2) is 6.33 Å². The Morgan fingerprint density at radius 3 is 2.75 bits per heavy atom. The van der Waals surface area contributed by atoms with Gasteiger partial charge in [-0.05, 0) is 31.6 Å². The Labute approximate surface area is 119 Å². The Morgan fingerprint density at radius 1 is 1.45 bits per heavy atom. The van der Waals surface area contributed by atoms with E-state index < -0.39 is 0 Å². The second-order valence-corrected chi connectivity index (χ2v) is 5.45. The van der Waals surface area contributed by atoms with Gasteiger partial charge in [-0.2, -0.15) is 5.10 Å². The molecule has 0 spiro atoms. The summed E-state index contributed by atoms with van der Waals surface area (Å²) < 4.78 is 0. The van der Waals surface area contributed by atoms with E-state index in [0.717, 1.165) is 6.42 Å². The van der Waals surface area contributed by atoms with E-state index in [4.69, 9.17) is 5.11 Å². The van der Waals surface area contributed by atoms with Crippen LogP contribution in [-0.2, 0) is 0 Å². The Balaban J connectivity index is 2.33. The van der Waals surface area contributed by atoms with E-state index in [1.807, 2.05) is 6.92 Å². The molecule has 0 aromatic carbocycles. The second kappa shape index (κ2) is 8.52. The highest BCUT2D eigenvalue weighted by Crippen LogP contribution is 2.14. The molecule has 1 aromatic heterocycles. The number of nitrogens with one attached hydrogen (secondary N) is 3. The molecule has 0 bridgehead atoms. The van der Waals surface area contributed by atoms with Crippen molar-refractivity contribution in [3.63, 3.8) is 0 Å². The van der Waals surface area contributed by atoms with Gasteiger partial charge in [0.25, 0.3) is 0 Å². The Morgan fingerprint density at radius 2 is 2.20 bits per heavy atom. The first-order chi connectivity index (χ1) is 9.52. The second-order valence-electron chi connectivity index (χ2n) is 5.45. The van der Waals surface area contributed by atoms with E-state index >= 15 is 0 Å². The third-order valence-corrected chi connectivity index (χ3v) is 3.08. The van der Waals surface area contributed by atoms with E-state index in [2.05, 4.69) is 39.7 Å². The maximum atomic E-state index is 11.8. The first-order valence-electron chi connectivity index (χ1n) is 7.03. The van der Waals surface area contributed by atoms with Gasteiger partial charge >= 0.3 is 6.03 Å². The molecular formula is C13H25N5O2. The fourth-order valence-electron chi connectivity index (χ4n) is 2.13. The number of H-pyrrole nitrogens is 1. The van der Waals surface area contributed by atoms with Crippen LogP contribution in [0.25, 0.3) is 0 Å². The van der Waals surface area contributed by atoms with Gasteiger partial charge in [-0.25, -0.2) is 9.78 Å². The maximum Gasteiger partial charge on any atom is 0.315 e. The van der Waals surface area contributed by atoms with Crippen LogP contribution < -0.4 is 10.6 Å². The molecule has 4 N–H and O–H groups in total. The molecule has 7 heteroatoms. The van der Waals surface area contributed by atoms with E-state index in [1.54, 1.807) is 0 Å². The lowest BCUT2D eigenvalue weighted by atomic mass is 9.94. The molecule has 0 aliphatic rings. The van der Waals surface area contributed by atoms with Crippen molar-refractivity contribution in [2.45, 2.75) is 39.7 Å². The molecule has 1 rings (SSSR count). The summed E-state index contributed by atoms with van der Waals surface area (Å²) >= 11 is 0. The maximum absolute atomic E-state index is 11.8. The van der Waals surface area contributed by atoms with Crippen LogP contribution in [0, 0.1) is 11.8 Å². The number of aromatic nitrogens is 3. The highest BCUT2D eigenvalue weighted by atomic mass is 16.3. The number of nitrogens with zero attached hydrogens (tertiary/aromatic N) is 2. The number of hydrogen-bond acceptors (Lipinski definition) is 4. The van der Waals surface area contributed by atoms with Crippen molar-refractivity contribution < 1.29 is 9.90 Å². The zero-order chi connectivity index (χ0) is 15.0.